The van der Waals surface area contributed by atoms with Crippen LogP contribution in [0.1, 0.15) is 23.1 Å². The molecular weight excluding hydrogens is 477 g/mol. The van der Waals surface area contributed by atoms with Crippen molar-refractivity contribution in [2.24, 2.45) is 0 Å². The summed E-state index contributed by atoms with van der Waals surface area (Å²) in [6.07, 6.45) is -3.53. The van der Waals surface area contributed by atoms with E-state index >= 15 is 0 Å². The first-order valence-electron chi connectivity index (χ1n) is 11.3. The summed E-state index contributed by atoms with van der Waals surface area (Å²) in [7, 11) is 0. The van der Waals surface area contributed by atoms with Crippen molar-refractivity contribution in [2.45, 2.75) is 37.4 Å². The summed E-state index contributed by atoms with van der Waals surface area (Å²) in [4.78, 5) is 19.0. The molecule has 0 aliphatic carbocycles. The highest BCUT2D eigenvalue weighted by Crippen LogP contribution is 2.46. The van der Waals surface area contributed by atoms with Crippen LogP contribution in [-0.2, 0) is 24.1 Å². The molecule has 0 unspecified atom stereocenters. The lowest BCUT2D eigenvalue weighted by Gasteiger charge is -2.32. The Morgan fingerprint density at radius 2 is 2.03 bits per heavy atom. The number of anilines is 1. The van der Waals surface area contributed by atoms with Crippen LogP contribution in [0.2, 0.25) is 0 Å². The van der Waals surface area contributed by atoms with E-state index < -0.39 is 17.4 Å². The largest absolute Gasteiger partial charge is 0.472 e. The topological polar surface area (TPSA) is 89.6 Å². The Hall–Kier alpha value is -4.04. The molecule has 0 N–H and O–H groups in total. The van der Waals surface area contributed by atoms with Crippen LogP contribution in [0.3, 0.4) is 0 Å². The van der Waals surface area contributed by atoms with Gasteiger partial charge in [-0.1, -0.05) is 18.2 Å². The normalized spacial score (nSPS) is 21.7. The van der Waals surface area contributed by atoms with Gasteiger partial charge in [-0.2, -0.15) is 23.4 Å². The third kappa shape index (κ3) is 3.65. The van der Waals surface area contributed by atoms with E-state index in [1.165, 1.54) is 0 Å². The van der Waals surface area contributed by atoms with Gasteiger partial charge in [-0.3, -0.25) is 4.57 Å². The lowest BCUT2D eigenvalue weighted by Crippen LogP contribution is -2.46. The van der Waals surface area contributed by atoms with Crippen molar-refractivity contribution >= 4 is 5.82 Å². The second-order valence-corrected chi connectivity index (χ2v) is 9.11. The Bertz CT molecular complexity index is 1460. The van der Waals surface area contributed by atoms with Crippen LogP contribution < -0.4 is 20.1 Å². The number of morpholine rings is 1. The van der Waals surface area contributed by atoms with Gasteiger partial charge in [0.1, 0.15) is 30.0 Å². The molecule has 0 saturated carbocycles. The first-order chi connectivity index (χ1) is 17.3. The molecule has 0 radical (unpaired) electrons. The van der Waals surface area contributed by atoms with Gasteiger partial charge < -0.3 is 19.1 Å². The fourth-order valence-electron chi connectivity index (χ4n) is 5.14. The number of nitriles is 1. The van der Waals surface area contributed by atoms with Crippen molar-refractivity contribution in [1.82, 2.24) is 9.55 Å². The van der Waals surface area contributed by atoms with Crippen molar-refractivity contribution in [2.75, 3.05) is 18.1 Å². The highest BCUT2D eigenvalue weighted by molar-refractivity contribution is 5.53. The lowest BCUT2D eigenvalue weighted by molar-refractivity contribution is -0.137. The maximum absolute atomic E-state index is 13.0. The van der Waals surface area contributed by atoms with E-state index in [2.05, 4.69) is 9.88 Å². The number of fused-ring (bicyclic) bond motifs is 3. The van der Waals surface area contributed by atoms with Gasteiger partial charge in [0, 0.05) is 24.6 Å². The summed E-state index contributed by atoms with van der Waals surface area (Å²) in [5.74, 6) is 1.21. The molecule has 36 heavy (non-hydrogen) atoms. The quantitative estimate of drug-likeness (QED) is 0.530. The second-order valence-electron chi connectivity index (χ2n) is 9.11. The summed E-state index contributed by atoms with van der Waals surface area (Å²) >= 11 is 0. The Kier molecular flexibility index (Phi) is 4.98. The highest BCUT2D eigenvalue weighted by Gasteiger charge is 2.56. The first-order valence-corrected chi connectivity index (χ1v) is 11.3. The second kappa shape index (κ2) is 7.99. The first kappa shape index (κ1) is 22.4. The van der Waals surface area contributed by atoms with Crippen LogP contribution in [0, 0.1) is 11.3 Å². The number of benzene rings is 2. The molecule has 6 rings (SSSR count). The molecule has 8 nitrogen and oxygen atoms in total. The number of aromatic nitrogens is 2. The standard InChI is InChI=1S/C25H19F3N4O4/c26-25(27,28)17-5-6-20(16(7-17)10-29)36-19-4-2-1-3-15(19)12-34-21-8-22-31(23(33)30-21)13-24-9-18(35-14-24)11-32(22)24/h1-8,18H,9,11-14H2/t18-,24+/m1/s1. The van der Waals surface area contributed by atoms with Crippen LogP contribution in [0.5, 0.6) is 17.4 Å². The van der Waals surface area contributed by atoms with Crippen LogP contribution >= 0.6 is 0 Å². The van der Waals surface area contributed by atoms with E-state index in [0.717, 1.165) is 30.4 Å². The zero-order valence-electron chi connectivity index (χ0n) is 18.8. The third-order valence-electron chi connectivity index (χ3n) is 6.84. The summed E-state index contributed by atoms with van der Waals surface area (Å²) in [5, 5.41) is 9.34. The van der Waals surface area contributed by atoms with Gasteiger partial charge in [0.15, 0.2) is 0 Å². The molecule has 1 aromatic heterocycles. The molecule has 4 heterocycles. The molecule has 1 spiro atoms. The van der Waals surface area contributed by atoms with Crippen molar-refractivity contribution in [3.8, 4) is 23.4 Å². The number of halogens is 3. The SMILES string of the molecule is N#Cc1cc(C(F)(F)F)ccc1Oc1ccccc1COc1cc2n(c(=O)n1)C[C@@]13CO[C@@H](CN21)C3. The molecule has 2 fully saturated rings. The summed E-state index contributed by atoms with van der Waals surface area (Å²) in [6.45, 7) is 1.82. The zero-order chi connectivity index (χ0) is 25.1. The van der Waals surface area contributed by atoms with Crippen molar-refractivity contribution in [3.63, 3.8) is 0 Å². The zero-order valence-corrected chi connectivity index (χ0v) is 18.8. The van der Waals surface area contributed by atoms with Crippen LogP contribution in [-0.4, -0.2) is 34.3 Å². The van der Waals surface area contributed by atoms with E-state index in [1.54, 1.807) is 41.0 Å². The minimum absolute atomic E-state index is 0.00847. The van der Waals surface area contributed by atoms with Crippen molar-refractivity contribution in [1.29, 1.82) is 5.26 Å². The smallest absolute Gasteiger partial charge is 0.416 e. The molecule has 3 aliphatic heterocycles. The Labute approximate surface area is 203 Å². The highest BCUT2D eigenvalue weighted by atomic mass is 19.4. The number of alkyl halides is 3. The van der Waals surface area contributed by atoms with Crippen molar-refractivity contribution in [3.05, 3.63) is 75.7 Å². The molecular formula is C25H19F3N4O4. The molecule has 184 valence electrons. The summed E-state index contributed by atoms with van der Waals surface area (Å²) in [6, 6.07) is 13.0. The monoisotopic (exact) mass is 496 g/mol. The van der Waals surface area contributed by atoms with Crippen molar-refractivity contribution < 1.29 is 27.4 Å². The van der Waals surface area contributed by atoms with Gasteiger partial charge in [0.05, 0.1) is 35.9 Å². The average molecular weight is 496 g/mol. The molecule has 2 bridgehead atoms. The van der Waals surface area contributed by atoms with Gasteiger partial charge in [0.25, 0.3) is 0 Å². The minimum Gasteiger partial charge on any atom is -0.472 e. The minimum atomic E-state index is -4.57. The number of hydrogen-bond acceptors (Lipinski definition) is 7. The van der Waals surface area contributed by atoms with Gasteiger partial charge in [-0.15, -0.1) is 0 Å². The van der Waals surface area contributed by atoms with Crippen LogP contribution in [0.4, 0.5) is 19.0 Å². The Morgan fingerprint density at radius 3 is 2.81 bits per heavy atom. The van der Waals surface area contributed by atoms with Crippen LogP contribution in [0.15, 0.2) is 53.3 Å². The molecule has 3 aromatic rings. The number of para-hydroxylation sites is 1. The Balaban J connectivity index is 1.23. The number of rotatable bonds is 5. The molecule has 11 heteroatoms. The Morgan fingerprint density at radius 1 is 1.19 bits per heavy atom. The number of hydrogen-bond donors (Lipinski definition) is 0. The van der Waals surface area contributed by atoms with E-state index in [-0.39, 0.29) is 35.4 Å². The van der Waals surface area contributed by atoms with Gasteiger partial charge in [-0.05, 0) is 24.3 Å². The summed E-state index contributed by atoms with van der Waals surface area (Å²) < 4.78 is 58.1. The predicted octanol–water partition coefficient (Wildman–Crippen LogP) is 3.87. The molecule has 0 amide bonds. The van der Waals surface area contributed by atoms with E-state index in [0.29, 0.717) is 31.0 Å². The summed E-state index contributed by atoms with van der Waals surface area (Å²) in [5.41, 5.74) is -1.21. The molecule has 2 saturated heterocycles. The molecule has 3 aliphatic rings. The maximum Gasteiger partial charge on any atom is 0.416 e. The van der Waals surface area contributed by atoms with Gasteiger partial charge in [-0.25, -0.2) is 4.79 Å². The predicted molar refractivity (Wildman–Crippen MR) is 120 cm³/mol. The van der Waals surface area contributed by atoms with Gasteiger partial charge >= 0.3 is 11.9 Å². The number of ether oxygens (including phenoxy) is 3. The van der Waals surface area contributed by atoms with E-state index in [9.17, 15) is 23.2 Å². The fraction of sp³-hybridized carbons (Fsp3) is 0.320. The maximum atomic E-state index is 13.0. The van der Waals surface area contributed by atoms with Crippen LogP contribution in [0.25, 0.3) is 0 Å². The fourth-order valence-corrected chi connectivity index (χ4v) is 5.14. The molecule has 2 atom stereocenters. The van der Waals surface area contributed by atoms with Gasteiger partial charge in [0.2, 0.25) is 5.88 Å². The van der Waals surface area contributed by atoms with E-state index in [1.807, 2.05) is 0 Å². The average Bonchev–Trinajstić information content (AvgIpc) is 3.52. The number of nitrogens with zero attached hydrogens (tertiary/aromatic N) is 4. The third-order valence-corrected chi connectivity index (χ3v) is 6.84. The van der Waals surface area contributed by atoms with E-state index in [4.69, 9.17) is 14.2 Å². The lowest BCUT2D eigenvalue weighted by atomic mass is 10.0. The molecule has 2 aromatic carbocycles.